The van der Waals surface area contributed by atoms with Crippen LogP contribution >= 0.6 is 23.2 Å². The minimum Gasteiger partial charge on any atom is -0.273 e. The average molecular weight is 427 g/mol. The SMILES string of the molecule is O=C(CCC(=O)N/N=C/c1c(F)cccc1Cl)N/N=C/c1c(F)cccc1Cl. The summed E-state index contributed by atoms with van der Waals surface area (Å²) in [6.45, 7) is 0. The maximum Gasteiger partial charge on any atom is 0.240 e. The maximum absolute atomic E-state index is 13.5. The van der Waals surface area contributed by atoms with Gasteiger partial charge in [0.05, 0.1) is 22.5 Å². The number of hydrogen-bond donors (Lipinski definition) is 2. The topological polar surface area (TPSA) is 82.9 Å². The van der Waals surface area contributed by atoms with Crippen LogP contribution in [0.25, 0.3) is 0 Å². The van der Waals surface area contributed by atoms with E-state index in [1.807, 2.05) is 0 Å². The number of amides is 2. The number of hydrogen-bond acceptors (Lipinski definition) is 4. The van der Waals surface area contributed by atoms with Gasteiger partial charge >= 0.3 is 0 Å². The van der Waals surface area contributed by atoms with E-state index in [9.17, 15) is 18.4 Å². The van der Waals surface area contributed by atoms with E-state index in [1.54, 1.807) is 0 Å². The molecule has 0 bridgehead atoms. The Hall–Kier alpha value is -2.84. The summed E-state index contributed by atoms with van der Waals surface area (Å²) in [4.78, 5) is 23.3. The molecule has 6 nitrogen and oxygen atoms in total. The standard InChI is InChI=1S/C18H14Cl2F2N4O2/c19-13-3-1-5-15(21)11(13)9-23-25-17(27)7-8-18(28)26-24-10-12-14(20)4-2-6-16(12)22/h1-6,9-10H,7-8H2,(H,25,27)(H,26,28)/b23-9+,24-10+. The Bertz CT molecular complexity index is 820. The molecule has 2 aromatic rings. The summed E-state index contributed by atoms with van der Waals surface area (Å²) in [5.41, 5.74) is 4.38. The lowest BCUT2D eigenvalue weighted by molar-refractivity contribution is -0.126. The van der Waals surface area contributed by atoms with Gasteiger partial charge in [-0.05, 0) is 24.3 Å². The van der Waals surface area contributed by atoms with Gasteiger partial charge in [0.15, 0.2) is 0 Å². The first-order valence-electron chi connectivity index (χ1n) is 7.90. The van der Waals surface area contributed by atoms with Gasteiger partial charge < -0.3 is 0 Å². The molecule has 0 atom stereocenters. The van der Waals surface area contributed by atoms with Crippen LogP contribution in [-0.4, -0.2) is 24.2 Å². The molecule has 0 aliphatic heterocycles. The van der Waals surface area contributed by atoms with Gasteiger partial charge in [0.2, 0.25) is 11.8 Å². The lowest BCUT2D eigenvalue weighted by atomic mass is 10.2. The van der Waals surface area contributed by atoms with Crippen molar-refractivity contribution < 1.29 is 18.4 Å². The number of carbonyl (C=O) groups is 2. The number of nitrogens with one attached hydrogen (secondary N) is 2. The van der Waals surface area contributed by atoms with Gasteiger partial charge in [0, 0.05) is 24.0 Å². The molecule has 28 heavy (non-hydrogen) atoms. The highest BCUT2D eigenvalue weighted by atomic mass is 35.5. The van der Waals surface area contributed by atoms with Crippen LogP contribution in [0.2, 0.25) is 10.0 Å². The van der Waals surface area contributed by atoms with E-state index in [4.69, 9.17) is 23.2 Å². The highest BCUT2D eigenvalue weighted by Crippen LogP contribution is 2.17. The molecular formula is C18H14Cl2F2N4O2. The zero-order valence-electron chi connectivity index (χ0n) is 14.3. The molecule has 0 unspecified atom stereocenters. The first-order valence-corrected chi connectivity index (χ1v) is 8.66. The molecule has 0 aliphatic carbocycles. The molecule has 0 aliphatic rings. The van der Waals surface area contributed by atoms with Crippen LogP contribution in [0.1, 0.15) is 24.0 Å². The van der Waals surface area contributed by atoms with Gasteiger partial charge in [-0.2, -0.15) is 10.2 Å². The van der Waals surface area contributed by atoms with E-state index in [-0.39, 0.29) is 34.0 Å². The molecule has 0 fully saturated rings. The minimum absolute atomic E-state index is 0.0309. The summed E-state index contributed by atoms with van der Waals surface area (Å²) in [6.07, 6.45) is 1.75. The second kappa shape index (κ2) is 10.5. The Morgan fingerprint density at radius 3 is 1.57 bits per heavy atom. The molecule has 0 spiro atoms. The van der Waals surface area contributed by atoms with E-state index in [0.29, 0.717) is 0 Å². The molecule has 0 aromatic heterocycles. The van der Waals surface area contributed by atoms with Crippen LogP contribution in [0, 0.1) is 11.6 Å². The second-order valence-corrected chi connectivity index (χ2v) is 6.17. The third-order valence-electron chi connectivity index (χ3n) is 3.34. The second-order valence-electron chi connectivity index (χ2n) is 5.36. The summed E-state index contributed by atoms with van der Waals surface area (Å²) in [5, 5.41) is 7.48. The Morgan fingerprint density at radius 1 is 0.821 bits per heavy atom. The largest absolute Gasteiger partial charge is 0.273 e. The van der Waals surface area contributed by atoms with Crippen LogP contribution in [0.5, 0.6) is 0 Å². The van der Waals surface area contributed by atoms with Crippen molar-refractivity contribution in [2.45, 2.75) is 12.8 Å². The van der Waals surface area contributed by atoms with E-state index >= 15 is 0 Å². The third kappa shape index (κ3) is 6.40. The number of hydrazone groups is 2. The summed E-state index contributed by atoms with van der Waals surface area (Å²) in [6, 6.07) is 8.24. The fraction of sp³-hybridized carbons (Fsp3) is 0.111. The fourth-order valence-electron chi connectivity index (χ4n) is 1.94. The van der Waals surface area contributed by atoms with Crippen LogP contribution in [0.4, 0.5) is 8.78 Å². The molecule has 10 heteroatoms. The van der Waals surface area contributed by atoms with Gasteiger partial charge in [0.25, 0.3) is 0 Å². The smallest absolute Gasteiger partial charge is 0.240 e. The number of halogens is 4. The number of rotatable bonds is 7. The van der Waals surface area contributed by atoms with E-state index in [0.717, 1.165) is 12.4 Å². The van der Waals surface area contributed by atoms with Crippen LogP contribution in [-0.2, 0) is 9.59 Å². The van der Waals surface area contributed by atoms with Crippen molar-refractivity contribution in [1.82, 2.24) is 10.9 Å². The molecule has 2 rings (SSSR count). The highest BCUT2D eigenvalue weighted by molar-refractivity contribution is 6.33. The number of carbonyl (C=O) groups excluding carboxylic acids is 2. The summed E-state index contributed by atoms with van der Waals surface area (Å²) in [5.74, 6) is -2.31. The normalized spacial score (nSPS) is 11.1. The molecule has 0 radical (unpaired) electrons. The summed E-state index contributed by atoms with van der Waals surface area (Å²) in [7, 11) is 0. The van der Waals surface area contributed by atoms with E-state index < -0.39 is 23.4 Å². The highest BCUT2D eigenvalue weighted by Gasteiger charge is 2.07. The molecule has 2 N–H and O–H groups in total. The molecule has 0 saturated carbocycles. The number of benzene rings is 2. The predicted octanol–water partition coefficient (Wildman–Crippen LogP) is 3.65. The van der Waals surface area contributed by atoms with Crippen LogP contribution in [0.3, 0.4) is 0 Å². The van der Waals surface area contributed by atoms with Crippen molar-refractivity contribution in [1.29, 1.82) is 0 Å². The third-order valence-corrected chi connectivity index (χ3v) is 4.00. The molecule has 0 saturated heterocycles. The molecule has 2 aromatic carbocycles. The summed E-state index contributed by atoms with van der Waals surface area (Å²) < 4.78 is 27.1. The van der Waals surface area contributed by atoms with Gasteiger partial charge in [-0.1, -0.05) is 35.3 Å². The van der Waals surface area contributed by atoms with Crippen molar-refractivity contribution in [3.8, 4) is 0 Å². The Labute approximate surface area is 169 Å². The predicted molar refractivity (Wildman–Crippen MR) is 104 cm³/mol. The maximum atomic E-state index is 13.5. The minimum atomic E-state index is -0.585. The first-order chi connectivity index (χ1) is 13.4. The van der Waals surface area contributed by atoms with Crippen molar-refractivity contribution >= 4 is 47.4 Å². The Morgan fingerprint density at radius 2 is 1.21 bits per heavy atom. The zero-order chi connectivity index (χ0) is 20.5. The van der Waals surface area contributed by atoms with Crippen LogP contribution < -0.4 is 10.9 Å². The van der Waals surface area contributed by atoms with Gasteiger partial charge in [-0.3, -0.25) is 9.59 Å². The van der Waals surface area contributed by atoms with Crippen molar-refractivity contribution in [3.63, 3.8) is 0 Å². The fourth-order valence-corrected chi connectivity index (χ4v) is 2.37. The Balaban J connectivity index is 1.77. The molecule has 0 heterocycles. The monoisotopic (exact) mass is 426 g/mol. The van der Waals surface area contributed by atoms with Gasteiger partial charge in [-0.25, -0.2) is 19.6 Å². The summed E-state index contributed by atoms with van der Waals surface area (Å²) >= 11 is 11.6. The van der Waals surface area contributed by atoms with Crippen molar-refractivity contribution in [3.05, 3.63) is 69.2 Å². The quantitative estimate of drug-likeness (QED) is 0.523. The molecular weight excluding hydrogens is 413 g/mol. The lowest BCUT2D eigenvalue weighted by Crippen LogP contribution is -2.23. The zero-order valence-corrected chi connectivity index (χ0v) is 15.8. The Kier molecular flexibility index (Phi) is 8.03. The van der Waals surface area contributed by atoms with Crippen molar-refractivity contribution in [2.24, 2.45) is 10.2 Å². The lowest BCUT2D eigenvalue weighted by Gasteiger charge is -2.02. The molecule has 2 amide bonds. The van der Waals surface area contributed by atoms with E-state index in [2.05, 4.69) is 21.1 Å². The van der Waals surface area contributed by atoms with E-state index in [1.165, 1.54) is 36.4 Å². The first kappa shape index (κ1) is 21.5. The average Bonchev–Trinajstić information content (AvgIpc) is 2.65. The van der Waals surface area contributed by atoms with Crippen molar-refractivity contribution in [2.75, 3.05) is 0 Å². The number of nitrogens with zero attached hydrogens (tertiary/aromatic N) is 2. The van der Waals surface area contributed by atoms with Gasteiger partial charge in [0.1, 0.15) is 11.6 Å². The molecule has 146 valence electrons. The van der Waals surface area contributed by atoms with Gasteiger partial charge in [-0.15, -0.1) is 0 Å². The van der Waals surface area contributed by atoms with Crippen LogP contribution in [0.15, 0.2) is 46.6 Å².